The molecule has 0 saturated heterocycles. The first-order valence-corrected chi connectivity index (χ1v) is 8.86. The summed E-state index contributed by atoms with van der Waals surface area (Å²) in [6.07, 6.45) is 17.9. The molecular weight excluding hydrogens is 299 g/mol. The van der Waals surface area contributed by atoms with E-state index in [2.05, 4.69) is 20.4 Å². The Morgan fingerprint density at radius 1 is 0.955 bits per heavy atom. The van der Waals surface area contributed by atoms with Gasteiger partial charge in [0.05, 0.1) is 0 Å². The number of hydrogen-bond donors (Lipinski definition) is 0. The third-order valence-corrected chi connectivity index (χ3v) is 3.83. The number of carbonyl (C=O) groups is 1. The van der Waals surface area contributed by atoms with Gasteiger partial charge in [-0.3, -0.25) is 0 Å². The molecule has 22 heavy (non-hydrogen) atoms. The molecule has 0 rings (SSSR count). The Morgan fingerprint density at radius 3 is 1.77 bits per heavy atom. The molecule has 0 aromatic heterocycles. The maximum Gasteiger partial charge on any atom is 1.00 e. The summed E-state index contributed by atoms with van der Waals surface area (Å²) in [6.45, 7) is 9.47. The topological polar surface area (TPSA) is 26.3 Å². The fraction of sp³-hybridized carbons (Fsp3) is 0.789. The molecule has 0 heterocycles. The molecule has 0 aromatic carbocycles. The minimum absolute atomic E-state index is 0. The number of ether oxygens (including phenoxy) is 1. The molecule has 0 bridgehead atoms. The van der Waals surface area contributed by atoms with Crippen LogP contribution in [0.4, 0.5) is 0 Å². The summed E-state index contributed by atoms with van der Waals surface area (Å²) < 4.78 is 5.03. The Kier molecular flexibility index (Phi) is 22.7. The standard InChI is InChI=1S/C19H35O2.K/c1-4-6-7-8-9-10-11-12-13-14-15-16-17-18(3)21-19(20)5-2;/h5,18H,2-4,6-17H2,1H3;/q-1;+1. The summed E-state index contributed by atoms with van der Waals surface area (Å²) in [5, 5.41) is 0. The van der Waals surface area contributed by atoms with E-state index in [1.807, 2.05) is 0 Å². The average Bonchev–Trinajstić information content (AvgIpc) is 2.48. The molecule has 0 radical (unpaired) electrons. The summed E-state index contributed by atoms with van der Waals surface area (Å²) in [6, 6.07) is 0. The first-order valence-electron chi connectivity index (χ1n) is 8.86. The van der Waals surface area contributed by atoms with Gasteiger partial charge in [-0.05, 0) is 12.5 Å². The van der Waals surface area contributed by atoms with Crippen molar-refractivity contribution in [3.8, 4) is 0 Å². The van der Waals surface area contributed by atoms with E-state index in [0.717, 1.165) is 12.8 Å². The predicted molar refractivity (Wildman–Crippen MR) is 91.1 cm³/mol. The van der Waals surface area contributed by atoms with Crippen LogP contribution in [0, 0.1) is 6.92 Å². The van der Waals surface area contributed by atoms with Crippen LogP contribution in [0.5, 0.6) is 0 Å². The molecule has 124 valence electrons. The molecule has 1 unspecified atom stereocenters. The molecule has 0 amide bonds. The van der Waals surface area contributed by atoms with E-state index >= 15 is 0 Å². The normalized spacial score (nSPS) is 11.5. The van der Waals surface area contributed by atoms with Gasteiger partial charge in [0.1, 0.15) is 0 Å². The maximum atomic E-state index is 11.0. The summed E-state index contributed by atoms with van der Waals surface area (Å²) in [5.41, 5.74) is 0. The van der Waals surface area contributed by atoms with Gasteiger partial charge in [0.15, 0.2) is 0 Å². The van der Waals surface area contributed by atoms with E-state index in [1.54, 1.807) is 0 Å². The average molecular weight is 335 g/mol. The third-order valence-electron chi connectivity index (χ3n) is 3.83. The van der Waals surface area contributed by atoms with Crippen LogP contribution in [0.3, 0.4) is 0 Å². The number of esters is 1. The van der Waals surface area contributed by atoms with Crippen molar-refractivity contribution in [3.63, 3.8) is 0 Å². The number of unbranched alkanes of at least 4 members (excludes halogenated alkanes) is 11. The summed E-state index contributed by atoms with van der Waals surface area (Å²) in [5.74, 6) is -0.367. The fourth-order valence-electron chi connectivity index (χ4n) is 2.48. The van der Waals surface area contributed by atoms with Crippen molar-refractivity contribution in [2.24, 2.45) is 0 Å². The molecule has 0 N–H and O–H groups in total. The van der Waals surface area contributed by atoms with Gasteiger partial charge in [-0.15, -0.1) is 0 Å². The van der Waals surface area contributed by atoms with Gasteiger partial charge in [0.25, 0.3) is 0 Å². The quantitative estimate of drug-likeness (QED) is 0.151. The van der Waals surface area contributed by atoms with Crippen molar-refractivity contribution in [3.05, 3.63) is 19.6 Å². The SMILES string of the molecule is C=CC(=O)OC([CH2-])CCCCCCCCCCCCCC.[K+]. The van der Waals surface area contributed by atoms with Crippen LogP contribution in [0.2, 0.25) is 0 Å². The summed E-state index contributed by atoms with van der Waals surface area (Å²) in [4.78, 5) is 11.0. The van der Waals surface area contributed by atoms with Gasteiger partial charge in [-0.2, -0.15) is 0 Å². The third kappa shape index (κ3) is 18.9. The largest absolute Gasteiger partial charge is 1.00 e. The molecule has 0 spiro atoms. The van der Waals surface area contributed by atoms with Crippen LogP contribution < -0.4 is 51.4 Å². The van der Waals surface area contributed by atoms with E-state index in [4.69, 9.17) is 4.74 Å². The van der Waals surface area contributed by atoms with Crippen molar-refractivity contribution < 1.29 is 60.9 Å². The zero-order valence-corrected chi connectivity index (χ0v) is 18.2. The van der Waals surface area contributed by atoms with Crippen LogP contribution in [-0.4, -0.2) is 12.1 Å². The van der Waals surface area contributed by atoms with Gasteiger partial charge >= 0.3 is 57.4 Å². The minimum Gasteiger partial charge on any atom is -0.492 e. The molecule has 0 aromatic rings. The molecule has 2 nitrogen and oxygen atoms in total. The number of rotatable bonds is 15. The smallest absolute Gasteiger partial charge is 0.492 e. The van der Waals surface area contributed by atoms with Crippen molar-refractivity contribution in [2.45, 2.75) is 96.5 Å². The Bertz CT molecular complexity index is 254. The molecule has 3 heteroatoms. The monoisotopic (exact) mass is 334 g/mol. The summed E-state index contributed by atoms with van der Waals surface area (Å²) in [7, 11) is 0. The van der Waals surface area contributed by atoms with Crippen molar-refractivity contribution in [2.75, 3.05) is 0 Å². The number of hydrogen-bond acceptors (Lipinski definition) is 2. The van der Waals surface area contributed by atoms with E-state index in [1.165, 1.54) is 76.7 Å². The zero-order valence-electron chi connectivity index (χ0n) is 15.1. The molecule has 0 aliphatic rings. The van der Waals surface area contributed by atoms with Crippen LogP contribution in [0.25, 0.3) is 0 Å². The van der Waals surface area contributed by atoms with Gasteiger partial charge in [-0.1, -0.05) is 90.6 Å². The van der Waals surface area contributed by atoms with E-state index in [-0.39, 0.29) is 63.5 Å². The fourth-order valence-corrected chi connectivity index (χ4v) is 2.48. The predicted octanol–water partition coefficient (Wildman–Crippen LogP) is 3.01. The molecule has 1 atom stereocenters. The van der Waals surface area contributed by atoms with E-state index in [0.29, 0.717) is 0 Å². The Balaban J connectivity index is 0. The second-order valence-corrected chi connectivity index (χ2v) is 5.94. The Hall–Kier alpha value is 0.846. The van der Waals surface area contributed by atoms with Crippen molar-refractivity contribution >= 4 is 5.97 Å². The Labute approximate surface area is 181 Å². The van der Waals surface area contributed by atoms with Gasteiger partial charge in [-0.25, -0.2) is 4.79 Å². The molecule has 0 aliphatic heterocycles. The second kappa shape index (κ2) is 19.9. The van der Waals surface area contributed by atoms with E-state index in [9.17, 15) is 4.79 Å². The van der Waals surface area contributed by atoms with Crippen LogP contribution in [-0.2, 0) is 9.53 Å². The van der Waals surface area contributed by atoms with E-state index < -0.39 is 0 Å². The zero-order chi connectivity index (χ0) is 15.8. The summed E-state index contributed by atoms with van der Waals surface area (Å²) >= 11 is 0. The minimum atomic E-state index is -0.367. The molecule has 0 fully saturated rings. The van der Waals surface area contributed by atoms with Crippen LogP contribution >= 0.6 is 0 Å². The first kappa shape index (κ1) is 25.1. The van der Waals surface area contributed by atoms with Crippen LogP contribution in [0.15, 0.2) is 12.7 Å². The maximum absolute atomic E-state index is 11.0. The molecule has 0 aliphatic carbocycles. The van der Waals surface area contributed by atoms with Crippen LogP contribution in [0.1, 0.15) is 90.4 Å². The first-order chi connectivity index (χ1) is 10.2. The van der Waals surface area contributed by atoms with Crippen molar-refractivity contribution in [1.29, 1.82) is 0 Å². The van der Waals surface area contributed by atoms with Crippen molar-refractivity contribution in [1.82, 2.24) is 0 Å². The van der Waals surface area contributed by atoms with Gasteiger partial charge in [0, 0.05) is 6.08 Å². The second-order valence-electron chi connectivity index (χ2n) is 5.94. The Morgan fingerprint density at radius 2 is 1.36 bits per heavy atom. The number of carbonyl (C=O) groups excluding carboxylic acids is 1. The molecular formula is C19H35KO2. The molecule has 0 saturated carbocycles. The van der Waals surface area contributed by atoms with Gasteiger partial charge in [0.2, 0.25) is 0 Å². The van der Waals surface area contributed by atoms with Gasteiger partial charge < -0.3 is 11.7 Å².